The van der Waals surface area contributed by atoms with Crippen molar-refractivity contribution < 1.29 is 34.4 Å². The molecule has 0 N–H and O–H groups in total. The van der Waals surface area contributed by atoms with Crippen molar-refractivity contribution in [2.75, 3.05) is 6.26 Å². The Kier molecular flexibility index (Phi) is 5.30. The minimum Gasteiger partial charge on any atom is -0.231 e. The second-order valence-electron chi connectivity index (χ2n) is 5.88. The van der Waals surface area contributed by atoms with Crippen molar-refractivity contribution in [2.45, 2.75) is 11.1 Å². The number of benzene rings is 2. The highest BCUT2D eigenvalue weighted by Gasteiger charge is 2.36. The first kappa shape index (κ1) is 21.4. The minimum atomic E-state index is -4.71. The van der Waals surface area contributed by atoms with Crippen molar-refractivity contribution in [3.8, 4) is 21.7 Å². The van der Waals surface area contributed by atoms with Crippen LogP contribution in [0.3, 0.4) is 0 Å². The maximum atomic E-state index is 13.2. The van der Waals surface area contributed by atoms with Crippen LogP contribution < -0.4 is 0 Å². The van der Waals surface area contributed by atoms with Gasteiger partial charge in [-0.15, -0.1) is 11.3 Å². The van der Waals surface area contributed by atoms with Crippen molar-refractivity contribution in [2.24, 2.45) is 0 Å². The summed E-state index contributed by atoms with van der Waals surface area (Å²) in [5, 5.41) is -1.13. The highest BCUT2D eigenvalue weighted by atomic mass is 33.2. The van der Waals surface area contributed by atoms with E-state index in [4.69, 9.17) is 0 Å². The molecule has 5 nitrogen and oxygen atoms in total. The van der Waals surface area contributed by atoms with Crippen LogP contribution in [0.1, 0.15) is 5.01 Å². The third-order valence-electron chi connectivity index (χ3n) is 3.79. The Morgan fingerprint density at radius 1 is 0.862 bits per heavy atom. The predicted molar refractivity (Wildman–Crippen MR) is 100.0 cm³/mol. The maximum Gasteiger partial charge on any atom is 0.443 e. The molecule has 1 aromatic heterocycles. The number of alkyl halides is 3. The molecule has 0 fully saturated rings. The summed E-state index contributed by atoms with van der Waals surface area (Å²) < 4.78 is 99.5. The molecule has 0 saturated carbocycles. The molecule has 0 aliphatic carbocycles. The predicted octanol–water partition coefficient (Wildman–Crippen LogP) is 4.37. The first-order chi connectivity index (χ1) is 13.3. The van der Waals surface area contributed by atoms with Gasteiger partial charge in [0, 0.05) is 5.56 Å². The molecule has 3 rings (SSSR count). The van der Waals surface area contributed by atoms with E-state index in [-0.39, 0.29) is 21.7 Å². The first-order valence-electron chi connectivity index (χ1n) is 7.70. The molecule has 2 aromatic carbocycles. The molecule has 3 aromatic rings. The third kappa shape index (κ3) is 4.19. The van der Waals surface area contributed by atoms with E-state index in [0.29, 0.717) is 17.6 Å². The van der Waals surface area contributed by atoms with Gasteiger partial charge in [-0.25, -0.2) is 26.2 Å². The van der Waals surface area contributed by atoms with Crippen molar-refractivity contribution >= 4 is 29.1 Å². The normalized spacial score (nSPS) is 12.9. The number of halogens is 4. The summed E-state index contributed by atoms with van der Waals surface area (Å²) in [4.78, 5) is 3.19. The Hall–Kier alpha value is -2.31. The summed E-state index contributed by atoms with van der Waals surface area (Å²) in [6.07, 6.45) is -4.17. The molecule has 29 heavy (non-hydrogen) atoms. The molecule has 0 spiro atoms. The van der Waals surface area contributed by atoms with Crippen molar-refractivity contribution in [3.63, 3.8) is 0 Å². The van der Waals surface area contributed by atoms with Crippen LogP contribution in [-0.2, 0) is 23.9 Å². The Labute approximate surface area is 166 Å². The van der Waals surface area contributed by atoms with Gasteiger partial charge in [0.15, 0.2) is 5.01 Å². The number of rotatable bonds is 4. The molecule has 0 unspecified atom stereocenters. The lowest BCUT2D eigenvalue weighted by molar-refractivity contribution is -0.137. The molecule has 0 bridgehead atoms. The smallest absolute Gasteiger partial charge is 0.231 e. The lowest BCUT2D eigenvalue weighted by Gasteiger charge is -2.05. The van der Waals surface area contributed by atoms with Crippen molar-refractivity contribution in [1.29, 1.82) is 0 Å². The molecular formula is C17H11F4NO4S3. The summed E-state index contributed by atoms with van der Waals surface area (Å²) in [6, 6.07) is 9.08. The number of hydrogen-bond acceptors (Lipinski definition) is 6. The summed E-state index contributed by atoms with van der Waals surface area (Å²) in [7, 11) is -9.05. The monoisotopic (exact) mass is 465 g/mol. The Bertz CT molecular complexity index is 1260. The number of nitrogens with zero attached hydrogens (tertiary/aromatic N) is 1. The standard InChI is InChI=1S/C17H11F4NO4S3/c1-28(23,24)29(25,26)13-8-4-11(5-9-13)15-14(10-2-6-12(18)7-3-10)22-16(27-15)17(19,20)21/h2-9H,1H3. The van der Waals surface area contributed by atoms with E-state index >= 15 is 0 Å². The van der Waals surface area contributed by atoms with Gasteiger partial charge in [-0.05, 0) is 42.0 Å². The molecule has 0 aliphatic heterocycles. The second kappa shape index (κ2) is 7.18. The van der Waals surface area contributed by atoms with Crippen LogP contribution in [0.2, 0.25) is 0 Å². The third-order valence-corrected chi connectivity index (χ3v) is 9.56. The Morgan fingerprint density at radius 2 is 1.38 bits per heavy atom. The minimum absolute atomic E-state index is 0.0546. The fourth-order valence-electron chi connectivity index (χ4n) is 2.39. The van der Waals surface area contributed by atoms with Crippen LogP contribution in [-0.4, -0.2) is 28.1 Å². The second-order valence-corrected chi connectivity index (χ2v) is 12.8. The molecule has 0 amide bonds. The Morgan fingerprint density at radius 3 is 1.86 bits per heavy atom. The van der Waals surface area contributed by atoms with Gasteiger partial charge in [0.1, 0.15) is 5.82 Å². The summed E-state index contributed by atoms with van der Waals surface area (Å²) in [5.41, 5.74) is 0.381. The van der Waals surface area contributed by atoms with Crippen LogP contribution in [0.25, 0.3) is 21.7 Å². The largest absolute Gasteiger partial charge is 0.443 e. The molecular weight excluding hydrogens is 454 g/mol. The van der Waals surface area contributed by atoms with Crippen LogP contribution in [0.15, 0.2) is 53.4 Å². The average Bonchev–Trinajstić information content (AvgIpc) is 3.07. The summed E-state index contributed by atoms with van der Waals surface area (Å²) >= 11 is 0.340. The van der Waals surface area contributed by atoms with Crippen LogP contribution >= 0.6 is 11.3 Å². The fraction of sp³-hybridized carbons (Fsp3) is 0.118. The molecule has 12 heteroatoms. The van der Waals surface area contributed by atoms with Crippen molar-refractivity contribution in [3.05, 3.63) is 59.4 Å². The summed E-state index contributed by atoms with van der Waals surface area (Å²) in [6.45, 7) is 0. The quantitative estimate of drug-likeness (QED) is 0.422. The highest BCUT2D eigenvalue weighted by molar-refractivity contribution is 8.66. The zero-order chi connectivity index (χ0) is 21.6. The molecule has 0 aliphatic rings. The number of thiazole rings is 1. The van der Waals surface area contributed by atoms with E-state index in [2.05, 4.69) is 4.98 Å². The summed E-state index contributed by atoms with van der Waals surface area (Å²) in [5.74, 6) is -0.572. The van der Waals surface area contributed by atoms with Gasteiger partial charge in [0.25, 0.3) is 17.7 Å². The Balaban J connectivity index is 2.15. The molecule has 0 radical (unpaired) electrons. The van der Waals surface area contributed by atoms with Crippen LogP contribution in [0.5, 0.6) is 0 Å². The van der Waals surface area contributed by atoms with E-state index in [1.807, 2.05) is 0 Å². The number of aromatic nitrogens is 1. The van der Waals surface area contributed by atoms with E-state index in [1.165, 1.54) is 24.3 Å². The van der Waals surface area contributed by atoms with Gasteiger partial charge < -0.3 is 0 Å². The van der Waals surface area contributed by atoms with Gasteiger partial charge in [-0.2, -0.15) is 13.2 Å². The maximum absolute atomic E-state index is 13.2. The molecule has 0 saturated heterocycles. The lowest BCUT2D eigenvalue weighted by atomic mass is 10.1. The van der Waals surface area contributed by atoms with Gasteiger partial charge in [0.05, 0.1) is 21.7 Å². The van der Waals surface area contributed by atoms with Gasteiger partial charge in [-0.3, -0.25) is 0 Å². The van der Waals surface area contributed by atoms with E-state index < -0.39 is 39.6 Å². The van der Waals surface area contributed by atoms with Crippen molar-refractivity contribution in [1.82, 2.24) is 4.98 Å². The first-order valence-corrected chi connectivity index (χ1v) is 12.4. The van der Waals surface area contributed by atoms with E-state index in [1.54, 1.807) is 0 Å². The topological polar surface area (TPSA) is 81.2 Å². The zero-order valence-corrected chi connectivity index (χ0v) is 16.9. The van der Waals surface area contributed by atoms with Crippen LogP contribution in [0, 0.1) is 5.82 Å². The number of hydrogen-bond donors (Lipinski definition) is 0. The molecule has 154 valence electrons. The average molecular weight is 465 g/mol. The van der Waals surface area contributed by atoms with Gasteiger partial charge in [0.2, 0.25) is 0 Å². The lowest BCUT2D eigenvalue weighted by Crippen LogP contribution is -2.13. The molecule has 1 heterocycles. The highest BCUT2D eigenvalue weighted by Crippen LogP contribution is 2.42. The molecule has 0 atom stereocenters. The van der Waals surface area contributed by atoms with Gasteiger partial charge >= 0.3 is 6.18 Å². The van der Waals surface area contributed by atoms with E-state index in [9.17, 15) is 34.4 Å². The fourth-order valence-corrected chi connectivity index (χ4v) is 5.55. The van der Waals surface area contributed by atoms with Crippen LogP contribution in [0.4, 0.5) is 17.6 Å². The zero-order valence-electron chi connectivity index (χ0n) is 14.4. The SMILES string of the molecule is CS(=O)(=O)S(=O)(=O)c1ccc(-c2sc(C(F)(F)F)nc2-c2ccc(F)cc2)cc1. The van der Waals surface area contributed by atoms with E-state index in [0.717, 1.165) is 24.3 Å². The van der Waals surface area contributed by atoms with Gasteiger partial charge in [-0.1, -0.05) is 12.1 Å².